The highest BCUT2D eigenvalue weighted by molar-refractivity contribution is 5.86. The Morgan fingerprint density at radius 1 is 1.13 bits per heavy atom. The number of aromatic nitrogens is 2. The molecule has 39 heavy (non-hydrogen) atoms. The fraction of sp³-hybridized carbons (Fsp3) is 0.286. The smallest absolute Gasteiger partial charge is 0.374 e. The molecule has 0 spiro atoms. The van der Waals surface area contributed by atoms with E-state index >= 15 is 0 Å². The first-order valence-corrected chi connectivity index (χ1v) is 12.2. The number of aryl methyl sites for hydroxylation is 2. The Morgan fingerprint density at radius 2 is 1.87 bits per heavy atom. The molecule has 3 aromatic heterocycles. The van der Waals surface area contributed by atoms with Crippen molar-refractivity contribution in [2.24, 2.45) is 0 Å². The number of esters is 1. The van der Waals surface area contributed by atoms with E-state index in [1.54, 1.807) is 19.9 Å². The first-order valence-electron chi connectivity index (χ1n) is 12.2. The van der Waals surface area contributed by atoms with Gasteiger partial charge in [-0.25, -0.2) is 14.8 Å². The van der Waals surface area contributed by atoms with Crippen LogP contribution in [0.3, 0.4) is 0 Å². The van der Waals surface area contributed by atoms with Crippen LogP contribution >= 0.6 is 0 Å². The van der Waals surface area contributed by atoms with Crippen LogP contribution in [0.2, 0.25) is 0 Å². The van der Waals surface area contributed by atoms with Crippen LogP contribution in [0.1, 0.15) is 33.3 Å². The molecule has 1 aromatic carbocycles. The molecule has 200 valence electrons. The number of hydrogen-bond donors (Lipinski definition) is 1. The zero-order valence-electron chi connectivity index (χ0n) is 21.7. The zero-order valence-corrected chi connectivity index (χ0v) is 21.7. The van der Waals surface area contributed by atoms with Gasteiger partial charge in [0.05, 0.1) is 37.3 Å². The van der Waals surface area contributed by atoms with Gasteiger partial charge in [0.2, 0.25) is 11.6 Å². The molecule has 0 bridgehead atoms. The summed E-state index contributed by atoms with van der Waals surface area (Å²) in [5.74, 6) is -0.498. The fourth-order valence-corrected chi connectivity index (χ4v) is 4.38. The zero-order chi connectivity index (χ0) is 27.5. The summed E-state index contributed by atoms with van der Waals surface area (Å²) in [6, 6.07) is 13.2. The lowest BCUT2D eigenvalue weighted by molar-refractivity contribution is 0.0558. The van der Waals surface area contributed by atoms with Crippen molar-refractivity contribution >= 4 is 11.7 Å². The number of morpholine rings is 1. The van der Waals surface area contributed by atoms with Crippen LogP contribution in [-0.2, 0) is 16.1 Å². The molecule has 1 fully saturated rings. The molecule has 5 rings (SSSR count). The molecule has 0 unspecified atom stereocenters. The normalized spacial score (nSPS) is 13.2. The molecule has 4 aromatic rings. The van der Waals surface area contributed by atoms with Crippen LogP contribution in [0, 0.1) is 25.2 Å². The van der Waals surface area contributed by atoms with Gasteiger partial charge in [0.25, 0.3) is 5.95 Å². The van der Waals surface area contributed by atoms with E-state index in [9.17, 15) is 15.2 Å². The summed E-state index contributed by atoms with van der Waals surface area (Å²) in [7, 11) is 1.20. The van der Waals surface area contributed by atoms with Crippen molar-refractivity contribution in [2.75, 3.05) is 38.3 Å². The van der Waals surface area contributed by atoms with E-state index in [1.807, 2.05) is 24.3 Å². The van der Waals surface area contributed by atoms with E-state index in [0.717, 1.165) is 24.3 Å². The first-order chi connectivity index (χ1) is 18.9. The lowest BCUT2D eigenvalue weighted by Crippen LogP contribution is -2.36. The van der Waals surface area contributed by atoms with E-state index in [-0.39, 0.29) is 29.4 Å². The lowest BCUT2D eigenvalue weighted by atomic mass is 10.0. The molecule has 0 aliphatic carbocycles. The van der Waals surface area contributed by atoms with Crippen LogP contribution < -0.4 is 9.64 Å². The van der Waals surface area contributed by atoms with Crippen molar-refractivity contribution in [2.45, 2.75) is 20.5 Å². The molecule has 0 radical (unpaired) electrons. The van der Waals surface area contributed by atoms with Crippen LogP contribution in [0.5, 0.6) is 11.8 Å². The Balaban J connectivity index is 1.53. The molecule has 4 heterocycles. The summed E-state index contributed by atoms with van der Waals surface area (Å²) in [4.78, 5) is 23.0. The minimum absolute atomic E-state index is 0.0240. The number of rotatable bonds is 7. The van der Waals surface area contributed by atoms with Gasteiger partial charge in [-0.3, -0.25) is 0 Å². The molecule has 0 amide bonds. The van der Waals surface area contributed by atoms with Crippen LogP contribution in [0.25, 0.3) is 22.6 Å². The number of oxazole rings is 1. The molecular formula is C28H26N4O7. The highest BCUT2D eigenvalue weighted by Gasteiger charge is 2.23. The van der Waals surface area contributed by atoms with E-state index < -0.39 is 11.9 Å². The van der Waals surface area contributed by atoms with Crippen molar-refractivity contribution in [3.63, 3.8) is 0 Å². The van der Waals surface area contributed by atoms with Gasteiger partial charge in [-0.05, 0) is 25.1 Å². The molecule has 1 aliphatic heterocycles. The van der Waals surface area contributed by atoms with Gasteiger partial charge in [-0.2, -0.15) is 5.26 Å². The number of ether oxygens (including phenoxy) is 3. The van der Waals surface area contributed by atoms with E-state index in [4.69, 9.17) is 18.3 Å². The van der Waals surface area contributed by atoms with Gasteiger partial charge in [0.15, 0.2) is 11.7 Å². The van der Waals surface area contributed by atoms with Crippen molar-refractivity contribution in [1.82, 2.24) is 9.97 Å². The standard InChI is InChI=1S/C28H26N4O7/c1-16-25(38-17(2)30-16)21-13-23(18-4-6-20(7-5-18)32-8-10-36-11-9-32)31-26(22(21)14-29)37-15-19-12-24(28(34)35-3)39-27(19)33/h4-7,12-13,33H,8-11,15H2,1-3H3. The van der Waals surface area contributed by atoms with Gasteiger partial charge < -0.3 is 33.1 Å². The van der Waals surface area contributed by atoms with E-state index in [2.05, 4.69) is 25.7 Å². The topological polar surface area (TPSA) is 144 Å². The number of nitrogens with zero attached hydrogens (tertiary/aromatic N) is 4. The summed E-state index contributed by atoms with van der Waals surface area (Å²) < 4.78 is 26.9. The Hall–Kier alpha value is -4.82. The van der Waals surface area contributed by atoms with Gasteiger partial charge in [0.1, 0.15) is 18.2 Å². The fourth-order valence-electron chi connectivity index (χ4n) is 4.38. The van der Waals surface area contributed by atoms with Crippen molar-refractivity contribution in [1.29, 1.82) is 5.26 Å². The molecule has 11 nitrogen and oxygen atoms in total. The van der Waals surface area contributed by atoms with Crippen LogP contribution in [0.4, 0.5) is 5.69 Å². The largest absolute Gasteiger partial charge is 0.480 e. The second-order valence-corrected chi connectivity index (χ2v) is 8.86. The predicted molar refractivity (Wildman–Crippen MR) is 138 cm³/mol. The summed E-state index contributed by atoms with van der Waals surface area (Å²) in [6.45, 7) is 6.31. The van der Waals surface area contributed by atoms with Crippen LogP contribution in [-0.4, -0.2) is 54.5 Å². The quantitative estimate of drug-likeness (QED) is 0.340. The summed E-state index contributed by atoms with van der Waals surface area (Å²) in [5, 5.41) is 20.2. The molecule has 1 N–H and O–H groups in total. The molecule has 1 saturated heterocycles. The third kappa shape index (κ3) is 5.28. The number of carbonyl (C=O) groups excluding carboxylic acids is 1. The third-order valence-electron chi connectivity index (χ3n) is 6.32. The Bertz CT molecular complexity index is 1540. The van der Waals surface area contributed by atoms with Gasteiger partial charge in [0, 0.05) is 42.9 Å². The molecule has 11 heteroatoms. The average molecular weight is 531 g/mol. The van der Waals surface area contributed by atoms with Crippen molar-refractivity contribution in [3.8, 4) is 40.5 Å². The van der Waals surface area contributed by atoms with Crippen molar-refractivity contribution < 1.29 is 32.9 Å². The maximum atomic E-state index is 11.8. The number of pyridine rings is 1. The van der Waals surface area contributed by atoms with E-state index in [0.29, 0.717) is 41.8 Å². The number of methoxy groups -OCH3 is 1. The van der Waals surface area contributed by atoms with Gasteiger partial charge >= 0.3 is 5.97 Å². The number of carbonyl (C=O) groups is 1. The predicted octanol–water partition coefficient (Wildman–Crippen LogP) is 4.39. The monoisotopic (exact) mass is 530 g/mol. The van der Waals surface area contributed by atoms with Gasteiger partial charge in [-0.15, -0.1) is 0 Å². The summed E-state index contributed by atoms with van der Waals surface area (Å²) in [5.41, 5.74) is 3.84. The maximum absolute atomic E-state index is 11.8. The minimum Gasteiger partial charge on any atom is -0.480 e. The number of benzene rings is 1. The van der Waals surface area contributed by atoms with Crippen LogP contribution in [0.15, 0.2) is 45.2 Å². The Labute approximate surface area is 224 Å². The summed E-state index contributed by atoms with van der Waals surface area (Å²) >= 11 is 0. The Morgan fingerprint density at radius 3 is 2.51 bits per heavy atom. The first kappa shape index (κ1) is 25.8. The lowest BCUT2D eigenvalue weighted by Gasteiger charge is -2.28. The SMILES string of the molecule is COC(=O)c1cc(COc2nc(-c3ccc(N4CCOCC4)cc3)cc(-c3oc(C)nc3C)c2C#N)c(O)o1. The average Bonchev–Trinajstić information content (AvgIpc) is 3.51. The minimum atomic E-state index is -0.742. The molecule has 1 aliphatic rings. The third-order valence-corrected chi connectivity index (χ3v) is 6.32. The summed E-state index contributed by atoms with van der Waals surface area (Å²) in [6.07, 6.45) is 0. The van der Waals surface area contributed by atoms with E-state index in [1.165, 1.54) is 13.2 Å². The second kappa shape index (κ2) is 10.9. The number of nitriles is 1. The Kier molecular flexibility index (Phi) is 7.21. The maximum Gasteiger partial charge on any atom is 0.374 e. The molecule has 0 saturated carbocycles. The molecule has 0 atom stereocenters. The van der Waals surface area contributed by atoms with Gasteiger partial charge in [-0.1, -0.05) is 12.1 Å². The second-order valence-electron chi connectivity index (χ2n) is 8.86. The number of anilines is 1. The molecular weight excluding hydrogens is 504 g/mol. The number of furan rings is 1. The number of hydrogen-bond acceptors (Lipinski definition) is 11. The number of aromatic hydroxyl groups is 1. The highest BCUT2D eigenvalue weighted by Crippen LogP contribution is 2.36. The van der Waals surface area contributed by atoms with Crippen molar-refractivity contribution in [3.05, 3.63) is 64.9 Å². The highest BCUT2D eigenvalue weighted by atomic mass is 16.5.